The molecule has 28 heavy (non-hydrogen) atoms. The van der Waals surface area contributed by atoms with Gasteiger partial charge in [-0.3, -0.25) is 9.59 Å². The zero-order chi connectivity index (χ0) is 20.4. The summed E-state index contributed by atoms with van der Waals surface area (Å²) in [6, 6.07) is 7.05. The van der Waals surface area contributed by atoms with E-state index < -0.39 is 12.1 Å². The van der Waals surface area contributed by atoms with Crippen LogP contribution in [0.4, 0.5) is 0 Å². The van der Waals surface area contributed by atoms with E-state index in [9.17, 15) is 14.4 Å². The van der Waals surface area contributed by atoms with Gasteiger partial charge < -0.3 is 9.64 Å². The number of likely N-dealkylation sites (tertiary alicyclic amines) is 1. The van der Waals surface area contributed by atoms with Gasteiger partial charge in [-0.25, -0.2) is 9.48 Å². The summed E-state index contributed by atoms with van der Waals surface area (Å²) in [7, 11) is 0. The Morgan fingerprint density at radius 3 is 2.39 bits per heavy atom. The molecule has 3 rings (SSSR count). The molecule has 3 atom stereocenters. The van der Waals surface area contributed by atoms with E-state index in [1.54, 1.807) is 38.1 Å². The molecule has 7 nitrogen and oxygen atoms in total. The van der Waals surface area contributed by atoms with Gasteiger partial charge in [0.15, 0.2) is 11.8 Å². The number of amides is 1. The van der Waals surface area contributed by atoms with Crippen LogP contribution in [0.2, 0.25) is 0 Å². The molecule has 2 heterocycles. The predicted octanol–water partition coefficient (Wildman–Crippen LogP) is 2.75. The Morgan fingerprint density at radius 2 is 1.79 bits per heavy atom. The van der Waals surface area contributed by atoms with E-state index in [1.165, 1.54) is 4.68 Å². The quantitative estimate of drug-likeness (QED) is 0.756. The van der Waals surface area contributed by atoms with Crippen LogP contribution in [0.25, 0.3) is 10.8 Å². The van der Waals surface area contributed by atoms with E-state index >= 15 is 0 Å². The Hall–Kier alpha value is -2.70. The van der Waals surface area contributed by atoms with Crippen molar-refractivity contribution in [3.8, 4) is 0 Å². The zero-order valence-corrected chi connectivity index (χ0v) is 16.8. The van der Waals surface area contributed by atoms with E-state index in [-0.39, 0.29) is 29.2 Å². The molecule has 0 bridgehead atoms. The monoisotopic (exact) mass is 385 g/mol. The van der Waals surface area contributed by atoms with Crippen LogP contribution in [-0.2, 0) is 16.1 Å². The predicted molar refractivity (Wildman–Crippen MR) is 106 cm³/mol. The SMILES string of the molecule is CCn1nc(C(=O)O[C@@H](C)C(=O)N2[C@@H](C)CCC[C@@H]2C)c2ccccc2c1=O. The fraction of sp³-hybridized carbons (Fsp3) is 0.524. The molecule has 0 saturated carbocycles. The summed E-state index contributed by atoms with van der Waals surface area (Å²) in [6.07, 6.45) is 2.07. The van der Waals surface area contributed by atoms with Gasteiger partial charge in [-0.1, -0.05) is 18.2 Å². The second-order valence-corrected chi connectivity index (χ2v) is 7.44. The molecule has 0 N–H and O–H groups in total. The van der Waals surface area contributed by atoms with E-state index in [4.69, 9.17) is 4.74 Å². The number of carbonyl (C=O) groups is 2. The summed E-state index contributed by atoms with van der Waals surface area (Å²) in [5.41, 5.74) is -0.203. The van der Waals surface area contributed by atoms with E-state index in [0.717, 1.165) is 19.3 Å². The molecule has 1 fully saturated rings. The average molecular weight is 385 g/mol. The summed E-state index contributed by atoms with van der Waals surface area (Å²) in [5.74, 6) is -0.891. The molecule has 0 spiro atoms. The van der Waals surface area contributed by atoms with Crippen LogP contribution >= 0.6 is 0 Å². The molecular formula is C21H27N3O4. The van der Waals surface area contributed by atoms with Gasteiger partial charge in [-0.15, -0.1) is 0 Å². The number of piperidine rings is 1. The highest BCUT2D eigenvalue weighted by molar-refractivity contribution is 6.02. The number of hydrogen-bond acceptors (Lipinski definition) is 5. The molecule has 1 aliphatic heterocycles. The molecule has 1 amide bonds. The number of rotatable bonds is 4. The maximum Gasteiger partial charge on any atom is 0.360 e. The fourth-order valence-electron chi connectivity index (χ4n) is 3.93. The molecule has 150 valence electrons. The molecule has 1 aromatic carbocycles. The minimum atomic E-state index is -0.918. The lowest BCUT2D eigenvalue weighted by Gasteiger charge is -2.40. The first kappa shape index (κ1) is 20.0. The highest BCUT2D eigenvalue weighted by atomic mass is 16.5. The number of benzene rings is 1. The third kappa shape index (κ3) is 3.66. The molecule has 2 aromatic rings. The van der Waals surface area contributed by atoms with Gasteiger partial charge in [-0.2, -0.15) is 5.10 Å². The topological polar surface area (TPSA) is 81.5 Å². The lowest BCUT2D eigenvalue weighted by Crippen LogP contribution is -2.51. The van der Waals surface area contributed by atoms with Crippen molar-refractivity contribution in [3.05, 3.63) is 40.3 Å². The Balaban J connectivity index is 1.88. The van der Waals surface area contributed by atoms with Gasteiger partial charge in [0.2, 0.25) is 0 Å². The largest absolute Gasteiger partial charge is 0.448 e. The third-order valence-corrected chi connectivity index (χ3v) is 5.44. The first-order valence-corrected chi connectivity index (χ1v) is 9.88. The Kier molecular flexibility index (Phi) is 5.82. The standard InChI is InChI=1S/C21H27N3O4/c1-5-23-20(26)17-12-7-6-11-16(17)18(22-23)21(27)28-15(4)19(25)24-13(2)9-8-10-14(24)3/h6-7,11-15H,5,8-10H2,1-4H3/t13-,14-,15-/m0/s1. The fourth-order valence-corrected chi connectivity index (χ4v) is 3.93. The number of esters is 1. The van der Waals surface area contributed by atoms with Crippen molar-refractivity contribution < 1.29 is 14.3 Å². The molecule has 7 heteroatoms. The minimum Gasteiger partial charge on any atom is -0.448 e. The van der Waals surface area contributed by atoms with Crippen LogP contribution in [0.5, 0.6) is 0 Å². The van der Waals surface area contributed by atoms with Crippen LogP contribution in [0.3, 0.4) is 0 Å². The molecule has 1 aliphatic rings. The average Bonchev–Trinajstić information content (AvgIpc) is 2.68. The van der Waals surface area contributed by atoms with Crippen molar-refractivity contribution in [2.45, 2.75) is 71.7 Å². The molecule has 0 aliphatic carbocycles. The first-order chi connectivity index (χ1) is 13.3. The van der Waals surface area contributed by atoms with Crippen LogP contribution in [-0.4, -0.2) is 44.7 Å². The summed E-state index contributed by atoms with van der Waals surface area (Å²) in [6.45, 7) is 7.75. The van der Waals surface area contributed by atoms with Gasteiger partial charge in [0.05, 0.1) is 5.39 Å². The number of carbonyl (C=O) groups excluding carboxylic acids is 2. The molecule has 0 unspecified atom stereocenters. The first-order valence-electron chi connectivity index (χ1n) is 9.88. The number of nitrogens with zero attached hydrogens (tertiary/aromatic N) is 3. The lowest BCUT2D eigenvalue weighted by molar-refractivity contribution is -0.146. The third-order valence-electron chi connectivity index (χ3n) is 5.44. The second kappa shape index (κ2) is 8.12. The molecule has 1 saturated heterocycles. The minimum absolute atomic E-state index is 0.0523. The van der Waals surface area contributed by atoms with Crippen LogP contribution in [0, 0.1) is 0 Å². The maximum absolute atomic E-state index is 12.9. The van der Waals surface area contributed by atoms with Crippen LogP contribution in [0.1, 0.15) is 57.4 Å². The van der Waals surface area contributed by atoms with Crippen molar-refractivity contribution in [2.24, 2.45) is 0 Å². The van der Waals surface area contributed by atoms with Crippen molar-refractivity contribution in [1.29, 1.82) is 0 Å². The normalized spacial score (nSPS) is 20.8. The number of aryl methyl sites for hydroxylation is 1. The van der Waals surface area contributed by atoms with Gasteiger partial charge in [0.25, 0.3) is 11.5 Å². The van der Waals surface area contributed by atoms with Crippen molar-refractivity contribution >= 4 is 22.6 Å². The summed E-state index contributed by atoms with van der Waals surface area (Å²) in [5, 5.41) is 5.02. The Morgan fingerprint density at radius 1 is 1.18 bits per heavy atom. The number of ether oxygens (including phenoxy) is 1. The summed E-state index contributed by atoms with van der Waals surface area (Å²) in [4.78, 5) is 40.0. The van der Waals surface area contributed by atoms with Gasteiger partial charge in [0, 0.05) is 24.0 Å². The van der Waals surface area contributed by atoms with Crippen LogP contribution in [0.15, 0.2) is 29.1 Å². The highest BCUT2D eigenvalue weighted by Gasteiger charge is 2.33. The van der Waals surface area contributed by atoms with Gasteiger partial charge >= 0.3 is 5.97 Å². The van der Waals surface area contributed by atoms with E-state index in [2.05, 4.69) is 5.10 Å². The van der Waals surface area contributed by atoms with Gasteiger partial charge in [0.1, 0.15) is 0 Å². The Bertz CT molecular complexity index is 942. The zero-order valence-electron chi connectivity index (χ0n) is 16.8. The van der Waals surface area contributed by atoms with Gasteiger partial charge in [-0.05, 0) is 53.0 Å². The smallest absolute Gasteiger partial charge is 0.360 e. The second-order valence-electron chi connectivity index (χ2n) is 7.44. The summed E-state index contributed by atoms with van der Waals surface area (Å²) >= 11 is 0. The molecular weight excluding hydrogens is 358 g/mol. The van der Waals surface area contributed by atoms with E-state index in [1.807, 2.05) is 18.7 Å². The van der Waals surface area contributed by atoms with E-state index in [0.29, 0.717) is 17.3 Å². The molecule has 0 radical (unpaired) electrons. The maximum atomic E-state index is 12.9. The van der Waals surface area contributed by atoms with Crippen molar-refractivity contribution in [2.75, 3.05) is 0 Å². The lowest BCUT2D eigenvalue weighted by atomic mass is 9.97. The number of fused-ring (bicyclic) bond motifs is 1. The van der Waals surface area contributed by atoms with Crippen LogP contribution < -0.4 is 5.56 Å². The van der Waals surface area contributed by atoms with Crippen molar-refractivity contribution in [3.63, 3.8) is 0 Å². The Labute approximate surface area is 164 Å². The highest BCUT2D eigenvalue weighted by Crippen LogP contribution is 2.24. The number of aromatic nitrogens is 2. The summed E-state index contributed by atoms with van der Waals surface area (Å²) < 4.78 is 6.72. The number of hydrogen-bond donors (Lipinski definition) is 0. The molecule has 1 aromatic heterocycles. The van der Waals surface area contributed by atoms with Crippen molar-refractivity contribution in [1.82, 2.24) is 14.7 Å².